The van der Waals surface area contributed by atoms with Gasteiger partial charge in [-0.05, 0) is 36.8 Å². The number of aromatic hydroxyl groups is 1. The third-order valence-corrected chi connectivity index (χ3v) is 7.15. The van der Waals surface area contributed by atoms with E-state index in [-0.39, 0.29) is 28.7 Å². The number of nitrogens with zero attached hydrogens (tertiary/aromatic N) is 4. The minimum atomic E-state index is -4.59. The van der Waals surface area contributed by atoms with Crippen molar-refractivity contribution in [1.29, 1.82) is 0 Å². The van der Waals surface area contributed by atoms with Crippen LogP contribution in [0.5, 0.6) is 5.88 Å². The lowest BCUT2D eigenvalue weighted by molar-refractivity contribution is -0.671. The van der Waals surface area contributed by atoms with E-state index in [9.17, 15) is 23.1 Å². The molecular formula is C25H16Cl2F3N4O2S+. The first-order valence-electron chi connectivity index (χ1n) is 10.7. The van der Waals surface area contributed by atoms with Gasteiger partial charge in [-0.15, -0.1) is 11.3 Å². The van der Waals surface area contributed by atoms with Crippen molar-refractivity contribution in [2.24, 2.45) is 0 Å². The molecule has 0 fully saturated rings. The minimum Gasteiger partial charge on any atom is -0.477 e. The summed E-state index contributed by atoms with van der Waals surface area (Å²) in [4.78, 5) is 22.3. The lowest BCUT2D eigenvalue weighted by Crippen LogP contribution is -2.41. The maximum atomic E-state index is 13.6. The zero-order valence-electron chi connectivity index (χ0n) is 18.9. The largest absolute Gasteiger partial charge is 0.477 e. The molecule has 0 radical (unpaired) electrons. The van der Waals surface area contributed by atoms with Gasteiger partial charge < -0.3 is 5.11 Å². The second-order valence-electron chi connectivity index (χ2n) is 8.19. The van der Waals surface area contributed by atoms with Crippen molar-refractivity contribution in [2.45, 2.75) is 19.6 Å². The van der Waals surface area contributed by atoms with E-state index in [1.165, 1.54) is 15.7 Å². The van der Waals surface area contributed by atoms with E-state index < -0.39 is 17.3 Å². The van der Waals surface area contributed by atoms with Crippen LogP contribution in [0, 0.1) is 6.92 Å². The average Bonchev–Trinajstić information content (AvgIpc) is 3.26. The second-order valence-corrected chi connectivity index (χ2v) is 10.3. The fourth-order valence-electron chi connectivity index (χ4n) is 4.11. The predicted octanol–water partition coefficient (Wildman–Crippen LogP) is 6.16. The van der Waals surface area contributed by atoms with Gasteiger partial charge in [-0.25, -0.2) is 9.78 Å². The van der Waals surface area contributed by atoms with Crippen LogP contribution in [0.15, 0.2) is 65.8 Å². The molecule has 4 heterocycles. The van der Waals surface area contributed by atoms with E-state index >= 15 is 0 Å². The van der Waals surface area contributed by atoms with Crippen molar-refractivity contribution >= 4 is 40.2 Å². The molecule has 0 atom stereocenters. The maximum absolute atomic E-state index is 13.6. The van der Waals surface area contributed by atoms with Gasteiger partial charge in [-0.1, -0.05) is 41.4 Å². The number of alkyl halides is 3. The van der Waals surface area contributed by atoms with Gasteiger partial charge >= 0.3 is 11.7 Å². The van der Waals surface area contributed by atoms with Gasteiger partial charge in [0.05, 0.1) is 27.4 Å². The summed E-state index contributed by atoms with van der Waals surface area (Å²) in [5, 5.41) is 11.2. The lowest BCUT2D eigenvalue weighted by atomic mass is 10.0. The lowest BCUT2D eigenvalue weighted by Gasteiger charge is -2.12. The van der Waals surface area contributed by atoms with Crippen molar-refractivity contribution < 1.29 is 22.8 Å². The fraction of sp³-hybridized carbons (Fsp3) is 0.120. The zero-order chi connectivity index (χ0) is 26.5. The molecule has 0 unspecified atom stereocenters. The van der Waals surface area contributed by atoms with Crippen molar-refractivity contribution in [1.82, 2.24) is 14.4 Å². The molecule has 0 aliphatic rings. The molecule has 188 valence electrons. The molecule has 0 amide bonds. The second kappa shape index (κ2) is 9.44. The molecule has 0 aliphatic heterocycles. The number of rotatable bonds is 4. The van der Waals surface area contributed by atoms with Crippen LogP contribution in [0.3, 0.4) is 0 Å². The average molecular weight is 564 g/mol. The maximum Gasteiger partial charge on any atom is 0.417 e. The van der Waals surface area contributed by atoms with Gasteiger partial charge in [0.15, 0.2) is 10.0 Å². The van der Waals surface area contributed by atoms with Gasteiger partial charge in [-0.2, -0.15) is 22.1 Å². The molecular weight excluding hydrogens is 548 g/mol. The molecule has 5 rings (SSSR count). The first-order chi connectivity index (χ1) is 17.5. The molecule has 1 aromatic carbocycles. The molecule has 5 aromatic rings. The third-order valence-electron chi connectivity index (χ3n) is 5.76. The zero-order valence-corrected chi connectivity index (χ0v) is 21.3. The van der Waals surface area contributed by atoms with Gasteiger partial charge in [0.2, 0.25) is 0 Å². The van der Waals surface area contributed by atoms with E-state index in [2.05, 4.69) is 9.97 Å². The van der Waals surface area contributed by atoms with Crippen LogP contribution in [0.4, 0.5) is 13.2 Å². The number of aryl methyl sites for hydroxylation is 1. The van der Waals surface area contributed by atoms with Crippen LogP contribution in [0.25, 0.3) is 28.0 Å². The highest BCUT2D eigenvalue weighted by atomic mass is 35.5. The first-order valence-corrected chi connectivity index (χ1v) is 12.3. The van der Waals surface area contributed by atoms with Crippen LogP contribution in [-0.2, 0) is 12.7 Å². The Labute approximate surface area is 221 Å². The van der Waals surface area contributed by atoms with Crippen LogP contribution >= 0.6 is 34.5 Å². The summed E-state index contributed by atoms with van der Waals surface area (Å²) in [5.41, 5.74) is 0.632. The number of thiazole rings is 1. The standard InChI is InChI=1S/C25H15Cl2F3N4O2S/c1-13-4-3-7-33-21(13)34(12-17-11-32-24(27)37-17)23(36)19(22(33)35)14-5-2-6-15(8-14)20-18(26)9-16(10-31-20)25(28,29)30/h2-11H,12H2,1H3/p+1. The van der Waals surface area contributed by atoms with Crippen molar-refractivity contribution in [3.63, 3.8) is 0 Å². The smallest absolute Gasteiger partial charge is 0.417 e. The molecule has 0 bridgehead atoms. The number of aromatic nitrogens is 4. The quantitative estimate of drug-likeness (QED) is 0.266. The van der Waals surface area contributed by atoms with E-state index in [0.29, 0.717) is 27.4 Å². The molecule has 0 spiro atoms. The normalized spacial score (nSPS) is 11.8. The van der Waals surface area contributed by atoms with E-state index in [1.807, 2.05) is 13.0 Å². The molecule has 1 N–H and O–H groups in total. The van der Waals surface area contributed by atoms with Gasteiger partial charge in [0.25, 0.3) is 11.5 Å². The highest BCUT2D eigenvalue weighted by molar-refractivity contribution is 7.15. The molecule has 12 heteroatoms. The molecule has 37 heavy (non-hydrogen) atoms. The summed E-state index contributed by atoms with van der Waals surface area (Å²) in [7, 11) is 0. The van der Waals surface area contributed by atoms with Gasteiger partial charge in [0.1, 0.15) is 6.54 Å². The number of benzene rings is 1. The Morgan fingerprint density at radius 2 is 1.84 bits per heavy atom. The van der Waals surface area contributed by atoms with Crippen LogP contribution in [0.1, 0.15) is 16.0 Å². The molecule has 6 nitrogen and oxygen atoms in total. The number of halogens is 5. The summed E-state index contributed by atoms with van der Waals surface area (Å²) in [6.07, 6.45) is -0.691. The summed E-state index contributed by atoms with van der Waals surface area (Å²) in [6.45, 7) is 2.02. The van der Waals surface area contributed by atoms with Crippen LogP contribution in [-0.4, -0.2) is 19.5 Å². The fourth-order valence-corrected chi connectivity index (χ4v) is 5.35. The topological polar surface area (TPSA) is 71.4 Å². The summed E-state index contributed by atoms with van der Waals surface area (Å²) in [6, 6.07) is 10.7. The Balaban J connectivity index is 1.70. The SMILES string of the molecule is Cc1cccn2c(=O)c(-c3cccc(-c4ncc(C(F)(F)F)cc4Cl)c3)c(O)[n+](Cc3cnc(Cl)s3)c12. The van der Waals surface area contributed by atoms with Crippen molar-refractivity contribution in [3.8, 4) is 28.3 Å². The van der Waals surface area contributed by atoms with E-state index in [4.69, 9.17) is 23.2 Å². The summed E-state index contributed by atoms with van der Waals surface area (Å²) >= 11 is 13.4. The van der Waals surface area contributed by atoms with E-state index in [0.717, 1.165) is 16.5 Å². The van der Waals surface area contributed by atoms with E-state index in [1.54, 1.807) is 47.3 Å². The third kappa shape index (κ3) is 4.68. The molecule has 0 aliphatic carbocycles. The number of hydrogen-bond acceptors (Lipinski definition) is 5. The highest BCUT2D eigenvalue weighted by Crippen LogP contribution is 2.35. The Morgan fingerprint density at radius 3 is 2.51 bits per heavy atom. The molecule has 4 aromatic heterocycles. The number of pyridine rings is 2. The Morgan fingerprint density at radius 1 is 1.08 bits per heavy atom. The number of hydrogen-bond donors (Lipinski definition) is 1. The highest BCUT2D eigenvalue weighted by Gasteiger charge is 2.32. The Kier molecular flexibility index (Phi) is 6.43. The van der Waals surface area contributed by atoms with Crippen molar-refractivity contribution in [3.05, 3.63) is 96.9 Å². The minimum absolute atomic E-state index is 0.00333. The summed E-state index contributed by atoms with van der Waals surface area (Å²) < 4.78 is 42.5. The van der Waals surface area contributed by atoms with Gasteiger partial charge in [-0.3, -0.25) is 4.98 Å². The van der Waals surface area contributed by atoms with Gasteiger partial charge in [0, 0.05) is 23.5 Å². The molecule has 0 saturated heterocycles. The Hall–Kier alpha value is -3.47. The Bertz CT molecular complexity index is 1730. The van der Waals surface area contributed by atoms with Crippen LogP contribution in [0.2, 0.25) is 9.49 Å². The summed E-state index contributed by atoms with van der Waals surface area (Å²) in [5.74, 6) is -0.285. The van der Waals surface area contributed by atoms with Crippen LogP contribution < -0.4 is 10.1 Å². The van der Waals surface area contributed by atoms with Crippen molar-refractivity contribution in [2.75, 3.05) is 0 Å². The molecule has 0 saturated carbocycles. The first kappa shape index (κ1) is 25.2. The monoisotopic (exact) mass is 563 g/mol. The predicted molar refractivity (Wildman–Crippen MR) is 135 cm³/mol. The number of fused-ring (bicyclic) bond motifs is 1.